The summed E-state index contributed by atoms with van der Waals surface area (Å²) in [5.74, 6) is -0.889. The highest BCUT2D eigenvalue weighted by Crippen LogP contribution is 2.35. The lowest BCUT2D eigenvalue weighted by molar-refractivity contribution is -0.387. The van der Waals surface area contributed by atoms with Gasteiger partial charge in [0.1, 0.15) is 5.84 Å². The lowest BCUT2D eigenvalue weighted by Gasteiger charge is -2.23. The molecule has 2 aliphatic heterocycles. The van der Waals surface area contributed by atoms with Crippen LogP contribution in [0.15, 0.2) is 62.3 Å². The molecule has 0 saturated heterocycles. The van der Waals surface area contributed by atoms with Crippen molar-refractivity contribution in [2.45, 2.75) is 11.8 Å². The Morgan fingerprint density at radius 2 is 2.00 bits per heavy atom. The molecule has 0 saturated carbocycles. The molecule has 36 heavy (non-hydrogen) atoms. The maximum absolute atomic E-state index is 12.8. The van der Waals surface area contributed by atoms with Gasteiger partial charge in [0.2, 0.25) is 5.17 Å². The monoisotopic (exact) mass is 547 g/mol. The molecule has 1 amide bonds. The van der Waals surface area contributed by atoms with Gasteiger partial charge in [-0.2, -0.15) is 17.8 Å². The summed E-state index contributed by atoms with van der Waals surface area (Å²) in [5.41, 5.74) is -0.207. The van der Waals surface area contributed by atoms with Gasteiger partial charge in [0.15, 0.2) is 21.6 Å². The van der Waals surface area contributed by atoms with Gasteiger partial charge in [0.25, 0.3) is 11.6 Å². The number of nitrogens with zero attached hydrogens (tertiary/aromatic N) is 4. The number of amidine groups is 3. The Balaban J connectivity index is 1.69. The van der Waals surface area contributed by atoms with Crippen LogP contribution in [0.3, 0.4) is 0 Å². The summed E-state index contributed by atoms with van der Waals surface area (Å²) in [4.78, 5) is 27.9. The number of nitro benzene ring substituents is 1. The van der Waals surface area contributed by atoms with E-state index in [9.17, 15) is 23.3 Å². The van der Waals surface area contributed by atoms with Gasteiger partial charge in [0.05, 0.1) is 29.1 Å². The Bertz CT molecular complexity index is 1480. The third-order valence-electron chi connectivity index (χ3n) is 4.79. The number of carbonyl (C=O) groups is 1. The smallest absolute Gasteiger partial charge is 0.346 e. The van der Waals surface area contributed by atoms with Crippen molar-refractivity contribution in [2.24, 2.45) is 9.39 Å². The van der Waals surface area contributed by atoms with E-state index >= 15 is 0 Å². The first-order valence-corrected chi connectivity index (χ1v) is 13.5. The Kier molecular flexibility index (Phi) is 7.14. The molecule has 1 N–H and O–H groups in total. The molecule has 2 aromatic carbocycles. The molecule has 2 aromatic rings. The number of hydrogen-bond donors (Lipinski definition) is 1. The van der Waals surface area contributed by atoms with Crippen molar-refractivity contribution in [3.63, 3.8) is 0 Å². The third-order valence-corrected chi connectivity index (χ3v) is 7.53. The van der Waals surface area contributed by atoms with Crippen LogP contribution in [0, 0.1) is 15.5 Å². The van der Waals surface area contributed by atoms with E-state index in [2.05, 4.69) is 9.39 Å². The summed E-state index contributed by atoms with van der Waals surface area (Å²) in [7, 11) is -4.57. The highest BCUT2D eigenvalue weighted by molar-refractivity contribution is 8.18. The maximum Gasteiger partial charge on any atom is 0.346 e. The van der Waals surface area contributed by atoms with Gasteiger partial charge in [-0.15, -0.1) is 0 Å². The lowest BCUT2D eigenvalue weighted by atomic mass is 10.1. The number of aliphatic imine (C=N–C) groups is 1. The van der Waals surface area contributed by atoms with Crippen LogP contribution in [0.4, 0.5) is 5.69 Å². The number of para-hydroxylation sites is 1. The number of hydrogen-bond acceptors (Lipinski definition) is 11. The quantitative estimate of drug-likeness (QED) is 0.178. The minimum atomic E-state index is -4.57. The first kappa shape index (κ1) is 25.4. The fourth-order valence-corrected chi connectivity index (χ4v) is 5.79. The number of thioether (sulfide) groups is 1. The lowest BCUT2D eigenvalue weighted by Crippen LogP contribution is -2.41. The molecule has 12 nitrogen and oxygen atoms in total. The highest BCUT2D eigenvalue weighted by atomic mass is 32.2. The predicted octanol–water partition coefficient (Wildman–Crippen LogP) is 3.70. The van der Waals surface area contributed by atoms with Crippen LogP contribution in [-0.4, -0.2) is 53.2 Å². The molecule has 0 radical (unpaired) electrons. The van der Waals surface area contributed by atoms with Crippen molar-refractivity contribution in [1.29, 1.82) is 5.41 Å². The number of rotatable bonds is 7. The largest absolute Gasteiger partial charge is 0.490 e. The third kappa shape index (κ3) is 4.84. The van der Waals surface area contributed by atoms with Gasteiger partial charge >= 0.3 is 10.1 Å². The van der Waals surface area contributed by atoms with Crippen LogP contribution in [0.2, 0.25) is 0 Å². The normalized spacial score (nSPS) is 16.5. The van der Waals surface area contributed by atoms with Gasteiger partial charge < -0.3 is 8.92 Å². The van der Waals surface area contributed by atoms with Crippen molar-refractivity contribution < 1.29 is 27.1 Å². The van der Waals surface area contributed by atoms with Crippen molar-refractivity contribution in [3.05, 3.63) is 63.7 Å². The number of amides is 1. The van der Waals surface area contributed by atoms with E-state index in [0.29, 0.717) is 15.9 Å². The first-order valence-electron chi connectivity index (χ1n) is 10.1. The van der Waals surface area contributed by atoms with Crippen LogP contribution in [0.25, 0.3) is 6.08 Å². The van der Waals surface area contributed by atoms with E-state index < -0.39 is 31.5 Å². The Morgan fingerprint density at radius 1 is 1.25 bits per heavy atom. The molecule has 0 spiro atoms. The second kappa shape index (κ2) is 10.1. The summed E-state index contributed by atoms with van der Waals surface area (Å²) in [6.07, 6.45) is 3.22. The fraction of sp³-hybridized carbons (Fsp3) is 0.143. The van der Waals surface area contributed by atoms with Crippen LogP contribution >= 0.6 is 23.7 Å². The van der Waals surface area contributed by atoms with E-state index in [-0.39, 0.29) is 29.5 Å². The second-order valence-electron chi connectivity index (χ2n) is 7.01. The van der Waals surface area contributed by atoms with E-state index in [0.717, 1.165) is 24.1 Å². The summed E-state index contributed by atoms with van der Waals surface area (Å²) < 4.78 is 40.6. The standard InChI is InChI=1S/C21H17N5O7S3/c1-3-32-16-11-12(10-13-18(22)25-20(23-19(13)27)35-24-21(25)34-2)8-9-15(16)33-36(30,31)17-7-5-4-6-14(17)26(28)29/h4-11,22H,3H2,1-2H3/b13-10-,22-18?. The van der Waals surface area contributed by atoms with Gasteiger partial charge in [-0.25, -0.2) is 4.90 Å². The minimum absolute atomic E-state index is 0.00616. The Labute approximate surface area is 214 Å². The molecule has 15 heteroatoms. The van der Waals surface area contributed by atoms with Crippen LogP contribution in [-0.2, 0) is 14.9 Å². The van der Waals surface area contributed by atoms with Crippen LogP contribution < -0.4 is 8.92 Å². The molecule has 0 aliphatic carbocycles. The number of nitrogens with one attached hydrogen (secondary N) is 1. The van der Waals surface area contributed by atoms with Crippen molar-refractivity contribution in [1.82, 2.24) is 4.90 Å². The second-order valence-corrected chi connectivity index (χ2v) is 10.0. The predicted molar refractivity (Wildman–Crippen MR) is 137 cm³/mol. The van der Waals surface area contributed by atoms with Gasteiger partial charge in [-0.3, -0.25) is 20.3 Å². The van der Waals surface area contributed by atoms with Crippen LogP contribution in [0.5, 0.6) is 11.5 Å². The van der Waals surface area contributed by atoms with E-state index in [4.69, 9.17) is 14.3 Å². The minimum Gasteiger partial charge on any atom is -0.490 e. The van der Waals surface area contributed by atoms with Crippen molar-refractivity contribution in [3.8, 4) is 11.5 Å². The number of nitro groups is 1. The van der Waals surface area contributed by atoms with Gasteiger partial charge in [-0.1, -0.05) is 30.0 Å². The number of carbonyl (C=O) groups excluding carboxylic acids is 1. The Morgan fingerprint density at radius 3 is 2.69 bits per heavy atom. The van der Waals surface area contributed by atoms with Gasteiger partial charge in [0, 0.05) is 6.07 Å². The molecular formula is C21H17N5O7S3. The van der Waals surface area contributed by atoms with E-state index in [1.54, 1.807) is 13.2 Å². The van der Waals surface area contributed by atoms with E-state index in [1.165, 1.54) is 53.1 Å². The Hall–Kier alpha value is -3.69. The zero-order valence-corrected chi connectivity index (χ0v) is 21.1. The van der Waals surface area contributed by atoms with Crippen LogP contribution in [0.1, 0.15) is 12.5 Å². The average Bonchev–Trinajstić information content (AvgIpc) is 3.26. The SMILES string of the molecule is CCOc1cc(/C=C2/C(=N)N3C(SC)=NSC3=NC2=O)ccc1OS(=O)(=O)c1ccccc1[N+](=O)[O-]. The average molecular weight is 548 g/mol. The van der Waals surface area contributed by atoms with E-state index in [1.807, 2.05) is 0 Å². The number of fused-ring (bicyclic) bond motifs is 1. The summed E-state index contributed by atoms with van der Waals surface area (Å²) >= 11 is 2.32. The summed E-state index contributed by atoms with van der Waals surface area (Å²) in [5, 5.41) is 20.6. The van der Waals surface area contributed by atoms with Gasteiger partial charge in [-0.05, 0) is 43.0 Å². The zero-order valence-electron chi connectivity index (χ0n) is 18.7. The molecule has 0 fully saturated rings. The zero-order chi connectivity index (χ0) is 26.0. The highest BCUT2D eigenvalue weighted by Gasteiger charge is 2.37. The fourth-order valence-electron chi connectivity index (χ4n) is 3.23. The topological polar surface area (TPSA) is 165 Å². The number of benzene rings is 2. The molecule has 0 unspecified atom stereocenters. The summed E-state index contributed by atoms with van der Waals surface area (Å²) in [6.45, 7) is 1.83. The molecule has 0 bridgehead atoms. The van der Waals surface area contributed by atoms with Crippen molar-refractivity contribution in [2.75, 3.05) is 12.9 Å². The molecule has 2 heterocycles. The number of ether oxygens (including phenoxy) is 1. The molecule has 2 aliphatic rings. The maximum atomic E-state index is 12.8. The molecular weight excluding hydrogens is 530 g/mol. The molecule has 0 atom stereocenters. The molecule has 0 aromatic heterocycles. The summed E-state index contributed by atoms with van der Waals surface area (Å²) in [6, 6.07) is 9.02. The molecule has 186 valence electrons. The molecule has 4 rings (SSSR count). The first-order chi connectivity index (χ1) is 17.2. The van der Waals surface area contributed by atoms with Crippen molar-refractivity contribution >= 4 is 67.7 Å².